The van der Waals surface area contributed by atoms with Crippen LogP contribution < -0.4 is 0 Å². The second-order valence-corrected chi connectivity index (χ2v) is 7.81. The number of aromatic nitrogens is 1. The highest BCUT2D eigenvalue weighted by molar-refractivity contribution is 7.99. The Bertz CT molecular complexity index is 1350. The Kier molecular flexibility index (Phi) is 6.06. The van der Waals surface area contributed by atoms with Crippen molar-refractivity contribution in [1.29, 1.82) is 5.26 Å². The van der Waals surface area contributed by atoms with Crippen LogP contribution in [0.1, 0.15) is 15.9 Å². The van der Waals surface area contributed by atoms with Crippen molar-refractivity contribution in [3.05, 3.63) is 106 Å². The number of nitro groups is 1. The van der Waals surface area contributed by atoms with E-state index in [1.54, 1.807) is 0 Å². The van der Waals surface area contributed by atoms with Crippen molar-refractivity contribution in [3.63, 3.8) is 0 Å². The molecule has 0 saturated carbocycles. The number of nitrogens with zero attached hydrogens (tertiary/aromatic N) is 3. The second-order valence-electron chi connectivity index (χ2n) is 6.78. The molecule has 1 heterocycles. The third-order valence-corrected chi connectivity index (χ3v) is 5.87. The molecular weight excluding hydrogens is 422 g/mol. The average molecular weight is 437 g/mol. The molecule has 0 N–H and O–H groups in total. The lowest BCUT2D eigenvalue weighted by atomic mass is 9.99. The summed E-state index contributed by atoms with van der Waals surface area (Å²) in [5, 5.41) is 21.5. The predicted octanol–water partition coefficient (Wildman–Crippen LogP) is 6.16. The molecule has 4 aromatic rings. The van der Waals surface area contributed by atoms with Crippen LogP contribution in [-0.4, -0.2) is 16.2 Å². The SMILES string of the molecule is N#Cc1c(-c2ccccc2)cc(-c2ccccc2)nc1Sc1ccc([N+](=O)[O-])cc1C=O. The van der Waals surface area contributed by atoms with Crippen molar-refractivity contribution in [3.8, 4) is 28.5 Å². The Balaban J connectivity index is 1.91. The van der Waals surface area contributed by atoms with Crippen LogP contribution in [0.3, 0.4) is 0 Å². The van der Waals surface area contributed by atoms with Gasteiger partial charge in [-0.05, 0) is 17.7 Å². The quantitative estimate of drug-likeness (QED) is 0.204. The van der Waals surface area contributed by atoms with Gasteiger partial charge in [0, 0.05) is 33.7 Å². The van der Waals surface area contributed by atoms with Gasteiger partial charge in [0.05, 0.1) is 16.2 Å². The molecule has 0 unspecified atom stereocenters. The number of nitriles is 1. The first-order valence-corrected chi connectivity index (χ1v) is 10.4. The molecule has 0 saturated heterocycles. The van der Waals surface area contributed by atoms with E-state index in [2.05, 4.69) is 6.07 Å². The number of hydrogen-bond acceptors (Lipinski definition) is 6. The fourth-order valence-corrected chi connectivity index (χ4v) is 4.22. The van der Waals surface area contributed by atoms with Crippen molar-refractivity contribution >= 4 is 23.7 Å². The number of carbonyl (C=O) groups excluding carboxylic acids is 1. The van der Waals surface area contributed by atoms with E-state index in [4.69, 9.17) is 4.98 Å². The number of benzene rings is 3. The zero-order valence-electron chi connectivity index (χ0n) is 16.6. The molecule has 0 atom stereocenters. The van der Waals surface area contributed by atoms with Crippen molar-refractivity contribution in [2.75, 3.05) is 0 Å². The first kappa shape index (κ1) is 21.0. The van der Waals surface area contributed by atoms with Gasteiger partial charge in [0.2, 0.25) is 0 Å². The number of hydrogen-bond donors (Lipinski definition) is 0. The fourth-order valence-electron chi connectivity index (χ4n) is 3.24. The first-order valence-electron chi connectivity index (χ1n) is 9.58. The minimum Gasteiger partial charge on any atom is -0.298 e. The van der Waals surface area contributed by atoms with Crippen LogP contribution in [0.15, 0.2) is 94.9 Å². The van der Waals surface area contributed by atoms with Gasteiger partial charge in [-0.1, -0.05) is 72.4 Å². The molecule has 3 aromatic carbocycles. The van der Waals surface area contributed by atoms with Crippen LogP contribution >= 0.6 is 11.8 Å². The van der Waals surface area contributed by atoms with Crippen LogP contribution in [0.25, 0.3) is 22.4 Å². The van der Waals surface area contributed by atoms with Crippen molar-refractivity contribution < 1.29 is 9.72 Å². The van der Waals surface area contributed by atoms with Gasteiger partial charge in [0.1, 0.15) is 11.1 Å². The molecule has 1 aromatic heterocycles. The molecule has 0 bridgehead atoms. The van der Waals surface area contributed by atoms with Crippen LogP contribution in [0.2, 0.25) is 0 Å². The Morgan fingerprint density at radius 1 is 0.938 bits per heavy atom. The second kappa shape index (κ2) is 9.25. The van der Waals surface area contributed by atoms with Crippen LogP contribution in [0, 0.1) is 21.4 Å². The van der Waals surface area contributed by atoms with Gasteiger partial charge in [-0.15, -0.1) is 0 Å². The van der Waals surface area contributed by atoms with E-state index in [-0.39, 0.29) is 11.3 Å². The summed E-state index contributed by atoms with van der Waals surface area (Å²) in [6.45, 7) is 0. The maximum atomic E-state index is 11.6. The molecule has 7 heteroatoms. The normalized spacial score (nSPS) is 10.3. The van der Waals surface area contributed by atoms with Crippen molar-refractivity contribution in [1.82, 2.24) is 4.98 Å². The van der Waals surface area contributed by atoms with E-state index >= 15 is 0 Å². The number of nitro benzene ring substituents is 1. The Morgan fingerprint density at radius 2 is 1.59 bits per heavy atom. The monoisotopic (exact) mass is 437 g/mol. The average Bonchev–Trinajstić information content (AvgIpc) is 2.84. The molecule has 6 nitrogen and oxygen atoms in total. The Labute approximate surface area is 188 Å². The summed E-state index contributed by atoms with van der Waals surface area (Å²) in [5.74, 6) is 0. The highest BCUT2D eigenvalue weighted by Crippen LogP contribution is 2.38. The topological polar surface area (TPSA) is 96.9 Å². The maximum Gasteiger partial charge on any atom is 0.270 e. The third-order valence-electron chi connectivity index (χ3n) is 4.79. The summed E-state index contributed by atoms with van der Waals surface area (Å²) in [7, 11) is 0. The van der Waals surface area contributed by atoms with Gasteiger partial charge in [0.25, 0.3) is 5.69 Å². The largest absolute Gasteiger partial charge is 0.298 e. The van der Waals surface area contributed by atoms with E-state index in [9.17, 15) is 20.2 Å². The molecular formula is C25H15N3O3S. The van der Waals surface area contributed by atoms with E-state index in [0.717, 1.165) is 28.5 Å². The highest BCUT2D eigenvalue weighted by atomic mass is 32.2. The number of rotatable bonds is 6. The summed E-state index contributed by atoms with van der Waals surface area (Å²) < 4.78 is 0. The highest BCUT2D eigenvalue weighted by Gasteiger charge is 2.19. The zero-order chi connectivity index (χ0) is 22.5. The molecule has 0 spiro atoms. The number of carbonyl (C=O) groups is 1. The molecule has 0 fully saturated rings. The number of non-ortho nitro benzene ring substituents is 1. The van der Waals surface area contributed by atoms with Crippen LogP contribution in [0.4, 0.5) is 5.69 Å². The summed E-state index contributed by atoms with van der Waals surface area (Å²) in [6, 6.07) is 27.3. The molecule has 0 amide bonds. The standard InChI is InChI=1S/C25H15N3O3S/c26-15-22-21(17-7-3-1-4-8-17)14-23(18-9-5-2-6-10-18)27-25(22)32-24-12-11-20(28(30)31)13-19(24)16-29/h1-14,16H. The summed E-state index contributed by atoms with van der Waals surface area (Å²) in [5.41, 5.74) is 3.52. The van der Waals surface area contributed by atoms with Gasteiger partial charge in [-0.3, -0.25) is 14.9 Å². The lowest BCUT2D eigenvalue weighted by Gasteiger charge is -2.13. The Hall–Kier alpha value is -4.28. The minimum absolute atomic E-state index is 0.168. The molecule has 4 rings (SSSR count). The molecule has 0 aliphatic heterocycles. The van der Waals surface area contributed by atoms with E-state index < -0.39 is 4.92 Å². The van der Waals surface area contributed by atoms with Gasteiger partial charge >= 0.3 is 0 Å². The van der Waals surface area contributed by atoms with E-state index in [1.165, 1.54) is 18.2 Å². The van der Waals surface area contributed by atoms with E-state index in [0.29, 0.717) is 27.5 Å². The smallest absolute Gasteiger partial charge is 0.270 e. The molecule has 0 radical (unpaired) electrons. The summed E-state index contributed by atoms with van der Waals surface area (Å²) in [4.78, 5) is 27.3. The molecule has 0 aliphatic carbocycles. The molecule has 32 heavy (non-hydrogen) atoms. The minimum atomic E-state index is -0.552. The first-order chi connectivity index (χ1) is 15.6. The third kappa shape index (κ3) is 4.26. The lowest BCUT2D eigenvalue weighted by Crippen LogP contribution is -1.97. The number of pyridine rings is 1. The van der Waals surface area contributed by atoms with Crippen LogP contribution in [-0.2, 0) is 0 Å². The zero-order valence-corrected chi connectivity index (χ0v) is 17.5. The van der Waals surface area contributed by atoms with Crippen molar-refractivity contribution in [2.45, 2.75) is 9.92 Å². The van der Waals surface area contributed by atoms with Crippen LogP contribution in [0.5, 0.6) is 0 Å². The fraction of sp³-hybridized carbons (Fsp3) is 0. The Morgan fingerprint density at radius 3 is 2.19 bits per heavy atom. The predicted molar refractivity (Wildman–Crippen MR) is 122 cm³/mol. The van der Waals surface area contributed by atoms with Gasteiger partial charge in [-0.25, -0.2) is 4.98 Å². The molecule has 0 aliphatic rings. The summed E-state index contributed by atoms with van der Waals surface area (Å²) >= 11 is 1.14. The number of aldehydes is 1. The molecule has 154 valence electrons. The lowest BCUT2D eigenvalue weighted by molar-refractivity contribution is -0.384. The van der Waals surface area contributed by atoms with Gasteiger partial charge < -0.3 is 0 Å². The van der Waals surface area contributed by atoms with Gasteiger partial charge in [-0.2, -0.15) is 5.26 Å². The van der Waals surface area contributed by atoms with E-state index in [1.807, 2.05) is 66.7 Å². The maximum absolute atomic E-state index is 11.6. The van der Waals surface area contributed by atoms with Gasteiger partial charge in [0.15, 0.2) is 6.29 Å². The van der Waals surface area contributed by atoms with Crippen molar-refractivity contribution in [2.24, 2.45) is 0 Å². The summed E-state index contributed by atoms with van der Waals surface area (Å²) in [6.07, 6.45) is 0.570.